The zero-order chi connectivity index (χ0) is 14.6. The van der Waals surface area contributed by atoms with Crippen LogP contribution in [0, 0.1) is 11.2 Å². The minimum Gasteiger partial charge on any atom is -0.313 e. The predicted molar refractivity (Wildman–Crippen MR) is 86.5 cm³/mol. The Kier molecular flexibility index (Phi) is 5.62. The van der Waals surface area contributed by atoms with Crippen molar-refractivity contribution in [2.45, 2.75) is 58.4 Å². The Morgan fingerprint density at radius 3 is 2.65 bits per heavy atom. The van der Waals surface area contributed by atoms with E-state index in [9.17, 15) is 4.39 Å². The molecule has 112 valence electrons. The molecule has 0 bridgehead atoms. The summed E-state index contributed by atoms with van der Waals surface area (Å²) in [4.78, 5) is 0. The van der Waals surface area contributed by atoms with Crippen LogP contribution in [0.5, 0.6) is 0 Å². The van der Waals surface area contributed by atoms with Crippen molar-refractivity contribution in [3.8, 4) is 0 Å². The highest BCUT2D eigenvalue weighted by Gasteiger charge is 2.36. The van der Waals surface area contributed by atoms with Gasteiger partial charge in [-0.3, -0.25) is 0 Å². The highest BCUT2D eigenvalue weighted by Crippen LogP contribution is 2.41. The molecule has 0 aromatic heterocycles. The van der Waals surface area contributed by atoms with Crippen LogP contribution in [0.4, 0.5) is 4.39 Å². The van der Waals surface area contributed by atoms with E-state index in [4.69, 9.17) is 0 Å². The average molecular weight is 342 g/mol. The molecule has 1 aliphatic carbocycles. The lowest BCUT2D eigenvalue weighted by Gasteiger charge is -2.35. The lowest BCUT2D eigenvalue weighted by Crippen LogP contribution is -2.44. The number of benzene rings is 1. The fourth-order valence-electron chi connectivity index (χ4n) is 3.32. The molecular formula is C17H25BrFN. The zero-order valence-corrected chi connectivity index (χ0v) is 14.1. The Morgan fingerprint density at radius 2 is 2.05 bits per heavy atom. The summed E-state index contributed by atoms with van der Waals surface area (Å²) in [5, 5.41) is 3.73. The van der Waals surface area contributed by atoms with Crippen molar-refractivity contribution in [2.24, 2.45) is 5.41 Å². The van der Waals surface area contributed by atoms with E-state index in [-0.39, 0.29) is 5.82 Å². The molecule has 0 heterocycles. The Morgan fingerprint density at radius 1 is 1.35 bits per heavy atom. The van der Waals surface area contributed by atoms with Crippen molar-refractivity contribution in [3.63, 3.8) is 0 Å². The lowest BCUT2D eigenvalue weighted by molar-refractivity contribution is 0.219. The second-order valence-corrected chi connectivity index (χ2v) is 7.17. The third-order valence-electron chi connectivity index (χ3n) is 4.65. The fraction of sp³-hybridized carbons (Fsp3) is 0.647. The van der Waals surface area contributed by atoms with E-state index in [1.165, 1.54) is 31.2 Å². The molecule has 0 radical (unpaired) electrons. The molecule has 2 rings (SSSR count). The van der Waals surface area contributed by atoms with Gasteiger partial charge in [0.1, 0.15) is 5.82 Å². The second kappa shape index (κ2) is 7.04. The van der Waals surface area contributed by atoms with Crippen LogP contribution in [0.15, 0.2) is 22.7 Å². The first-order chi connectivity index (χ1) is 9.55. The normalized spacial score (nSPS) is 19.2. The van der Waals surface area contributed by atoms with Gasteiger partial charge in [-0.2, -0.15) is 0 Å². The summed E-state index contributed by atoms with van der Waals surface area (Å²) in [5.74, 6) is -0.182. The SMILES string of the molecule is CCCNC(Cc1ccc(F)c(Br)c1)C1(C)CCCC1. The third-order valence-corrected chi connectivity index (χ3v) is 5.26. The number of hydrogen-bond acceptors (Lipinski definition) is 1. The van der Waals surface area contributed by atoms with Crippen molar-refractivity contribution in [2.75, 3.05) is 6.54 Å². The van der Waals surface area contributed by atoms with Crippen molar-refractivity contribution < 1.29 is 4.39 Å². The summed E-state index contributed by atoms with van der Waals surface area (Å²) in [6, 6.07) is 5.89. The van der Waals surface area contributed by atoms with Crippen LogP contribution in [0.2, 0.25) is 0 Å². The standard InChI is InChI=1S/C17H25BrFN/c1-3-10-20-16(17(2)8-4-5-9-17)12-13-6-7-15(19)14(18)11-13/h6-7,11,16,20H,3-5,8-10,12H2,1-2H3. The smallest absolute Gasteiger partial charge is 0.137 e. The molecule has 1 atom stereocenters. The molecule has 0 spiro atoms. The van der Waals surface area contributed by atoms with Gasteiger partial charge < -0.3 is 5.32 Å². The molecule has 20 heavy (non-hydrogen) atoms. The van der Waals surface area contributed by atoms with E-state index < -0.39 is 0 Å². The predicted octanol–water partition coefficient (Wildman–Crippen LogP) is 5.08. The van der Waals surface area contributed by atoms with Gasteiger partial charge in [-0.15, -0.1) is 0 Å². The first-order valence-electron chi connectivity index (χ1n) is 7.72. The maximum atomic E-state index is 13.4. The van der Waals surface area contributed by atoms with Gasteiger partial charge in [-0.1, -0.05) is 32.8 Å². The van der Waals surface area contributed by atoms with Crippen LogP contribution in [0.3, 0.4) is 0 Å². The Labute approximate surface area is 130 Å². The van der Waals surface area contributed by atoms with Crippen LogP contribution < -0.4 is 5.32 Å². The molecule has 1 saturated carbocycles. The van der Waals surface area contributed by atoms with Crippen LogP contribution in [-0.2, 0) is 6.42 Å². The Bertz CT molecular complexity index is 441. The molecule has 1 aliphatic rings. The first kappa shape index (κ1) is 16.0. The number of halogens is 2. The van der Waals surface area contributed by atoms with Crippen LogP contribution in [0.1, 0.15) is 51.5 Å². The third kappa shape index (κ3) is 3.82. The number of nitrogens with one attached hydrogen (secondary N) is 1. The molecule has 1 N–H and O–H groups in total. The Balaban J connectivity index is 2.12. The van der Waals surface area contributed by atoms with Crippen molar-refractivity contribution in [1.82, 2.24) is 5.32 Å². The lowest BCUT2D eigenvalue weighted by atomic mass is 9.77. The molecule has 1 fully saturated rings. The number of rotatable bonds is 6. The minimum atomic E-state index is -0.182. The highest BCUT2D eigenvalue weighted by molar-refractivity contribution is 9.10. The summed E-state index contributed by atoms with van der Waals surface area (Å²) < 4.78 is 13.9. The molecular weight excluding hydrogens is 317 g/mol. The van der Waals surface area contributed by atoms with Crippen LogP contribution >= 0.6 is 15.9 Å². The largest absolute Gasteiger partial charge is 0.313 e. The van der Waals surface area contributed by atoms with E-state index in [0.717, 1.165) is 19.4 Å². The van der Waals surface area contributed by atoms with E-state index in [1.54, 1.807) is 6.07 Å². The second-order valence-electron chi connectivity index (χ2n) is 6.32. The Hall–Kier alpha value is -0.410. The summed E-state index contributed by atoms with van der Waals surface area (Å²) in [6.07, 6.45) is 7.42. The molecule has 1 unspecified atom stereocenters. The van der Waals surface area contributed by atoms with Gasteiger partial charge in [0.25, 0.3) is 0 Å². The van der Waals surface area contributed by atoms with Crippen molar-refractivity contribution in [3.05, 3.63) is 34.1 Å². The molecule has 0 amide bonds. The topological polar surface area (TPSA) is 12.0 Å². The summed E-state index contributed by atoms with van der Waals surface area (Å²) in [7, 11) is 0. The number of hydrogen-bond donors (Lipinski definition) is 1. The monoisotopic (exact) mass is 341 g/mol. The van der Waals surface area contributed by atoms with E-state index in [1.807, 2.05) is 12.1 Å². The zero-order valence-electron chi connectivity index (χ0n) is 12.5. The van der Waals surface area contributed by atoms with Gasteiger partial charge in [0, 0.05) is 6.04 Å². The van der Waals surface area contributed by atoms with Gasteiger partial charge in [0.05, 0.1) is 4.47 Å². The molecule has 1 nitrogen and oxygen atoms in total. The molecule has 3 heteroatoms. The van der Waals surface area contributed by atoms with Gasteiger partial charge in [0.15, 0.2) is 0 Å². The maximum absolute atomic E-state index is 13.4. The molecule has 0 aliphatic heterocycles. The quantitative estimate of drug-likeness (QED) is 0.760. The maximum Gasteiger partial charge on any atom is 0.137 e. The molecule has 1 aromatic carbocycles. The fourth-order valence-corrected chi connectivity index (χ4v) is 3.74. The van der Waals surface area contributed by atoms with Gasteiger partial charge in [-0.05, 0) is 71.3 Å². The van der Waals surface area contributed by atoms with Gasteiger partial charge in [0.2, 0.25) is 0 Å². The summed E-state index contributed by atoms with van der Waals surface area (Å²) >= 11 is 3.29. The van der Waals surface area contributed by atoms with E-state index in [0.29, 0.717) is 15.9 Å². The van der Waals surface area contributed by atoms with Crippen LogP contribution in [-0.4, -0.2) is 12.6 Å². The average Bonchev–Trinajstić information content (AvgIpc) is 2.86. The van der Waals surface area contributed by atoms with E-state index in [2.05, 4.69) is 35.1 Å². The molecule has 0 saturated heterocycles. The first-order valence-corrected chi connectivity index (χ1v) is 8.52. The summed E-state index contributed by atoms with van der Waals surface area (Å²) in [5.41, 5.74) is 1.59. The minimum absolute atomic E-state index is 0.182. The van der Waals surface area contributed by atoms with Crippen LogP contribution in [0.25, 0.3) is 0 Å². The van der Waals surface area contributed by atoms with Crippen molar-refractivity contribution >= 4 is 15.9 Å². The van der Waals surface area contributed by atoms with Gasteiger partial charge in [-0.25, -0.2) is 4.39 Å². The molecule has 1 aromatic rings. The van der Waals surface area contributed by atoms with Gasteiger partial charge >= 0.3 is 0 Å². The van der Waals surface area contributed by atoms with Crippen molar-refractivity contribution in [1.29, 1.82) is 0 Å². The van der Waals surface area contributed by atoms with E-state index >= 15 is 0 Å². The highest BCUT2D eigenvalue weighted by atomic mass is 79.9. The summed E-state index contributed by atoms with van der Waals surface area (Å²) in [6.45, 7) is 5.67.